The molecule has 0 aliphatic carbocycles. The van der Waals surface area contributed by atoms with Gasteiger partial charge in [0, 0.05) is 13.1 Å². The fourth-order valence-electron chi connectivity index (χ4n) is 3.09. The molecule has 1 fully saturated rings. The summed E-state index contributed by atoms with van der Waals surface area (Å²) in [6.45, 7) is 4.64. The standard InChI is InChI=1S/C19H21FN2O4S/c1-13-11-22(12-14(2)26-13)19(23)17-5-3-4-6-18(17)21-27(24,25)16-9-7-15(20)8-10-16/h3-10,13-14,21H,11-12H2,1-2H3/t13-,14-/m0/s1. The van der Waals surface area contributed by atoms with Gasteiger partial charge < -0.3 is 9.64 Å². The number of carbonyl (C=O) groups is 1. The van der Waals surface area contributed by atoms with Gasteiger partial charge in [0.2, 0.25) is 0 Å². The molecule has 8 heteroatoms. The Hall–Kier alpha value is -2.45. The van der Waals surface area contributed by atoms with E-state index in [9.17, 15) is 17.6 Å². The van der Waals surface area contributed by atoms with Gasteiger partial charge in [-0.2, -0.15) is 0 Å². The van der Waals surface area contributed by atoms with Crippen molar-refractivity contribution in [3.8, 4) is 0 Å². The monoisotopic (exact) mass is 392 g/mol. The van der Waals surface area contributed by atoms with E-state index >= 15 is 0 Å². The molecule has 1 aliphatic heterocycles. The van der Waals surface area contributed by atoms with Gasteiger partial charge in [-0.05, 0) is 50.2 Å². The minimum absolute atomic E-state index is 0.0835. The molecule has 0 aromatic heterocycles. The van der Waals surface area contributed by atoms with Gasteiger partial charge in [-0.3, -0.25) is 9.52 Å². The van der Waals surface area contributed by atoms with Crippen LogP contribution in [0.3, 0.4) is 0 Å². The summed E-state index contributed by atoms with van der Waals surface area (Å²) in [5.74, 6) is -0.797. The van der Waals surface area contributed by atoms with Crippen molar-refractivity contribution >= 4 is 21.6 Å². The molecular formula is C19H21FN2O4S. The van der Waals surface area contributed by atoms with Gasteiger partial charge in [0.05, 0.1) is 28.4 Å². The second kappa shape index (κ2) is 7.66. The lowest BCUT2D eigenvalue weighted by Crippen LogP contribution is -2.48. The lowest BCUT2D eigenvalue weighted by Gasteiger charge is -2.35. The topological polar surface area (TPSA) is 75.7 Å². The molecule has 1 amide bonds. The highest BCUT2D eigenvalue weighted by molar-refractivity contribution is 7.92. The normalized spacial score (nSPS) is 20.3. The van der Waals surface area contributed by atoms with Gasteiger partial charge in [0.25, 0.3) is 15.9 Å². The van der Waals surface area contributed by atoms with Crippen LogP contribution < -0.4 is 4.72 Å². The Balaban J connectivity index is 1.88. The molecule has 2 atom stereocenters. The first-order valence-corrected chi connectivity index (χ1v) is 10.1. The Kier molecular flexibility index (Phi) is 5.48. The van der Waals surface area contributed by atoms with Gasteiger partial charge in [-0.25, -0.2) is 12.8 Å². The van der Waals surface area contributed by atoms with Crippen molar-refractivity contribution in [1.29, 1.82) is 0 Å². The Morgan fingerprint density at radius 3 is 2.30 bits per heavy atom. The third-order valence-electron chi connectivity index (χ3n) is 4.23. The molecule has 1 N–H and O–H groups in total. The molecule has 0 saturated carbocycles. The van der Waals surface area contributed by atoms with Crippen LogP contribution in [0.4, 0.5) is 10.1 Å². The maximum atomic E-state index is 13.1. The molecule has 3 rings (SSSR count). The maximum Gasteiger partial charge on any atom is 0.261 e. The van der Waals surface area contributed by atoms with Crippen LogP contribution in [0.5, 0.6) is 0 Å². The van der Waals surface area contributed by atoms with Gasteiger partial charge >= 0.3 is 0 Å². The zero-order valence-electron chi connectivity index (χ0n) is 15.1. The van der Waals surface area contributed by atoms with E-state index in [4.69, 9.17) is 4.74 Å². The van der Waals surface area contributed by atoms with E-state index in [0.29, 0.717) is 13.1 Å². The SMILES string of the molecule is C[C@H]1CN(C(=O)c2ccccc2NS(=O)(=O)c2ccc(F)cc2)C[C@H](C)O1. The molecule has 0 spiro atoms. The summed E-state index contributed by atoms with van der Waals surface area (Å²) in [5.41, 5.74) is 0.433. The number of morpholine rings is 1. The summed E-state index contributed by atoms with van der Waals surface area (Å²) < 4.78 is 46.3. The van der Waals surface area contributed by atoms with Crippen LogP contribution >= 0.6 is 0 Å². The van der Waals surface area contributed by atoms with Crippen molar-refractivity contribution in [2.75, 3.05) is 17.8 Å². The summed E-state index contributed by atoms with van der Waals surface area (Å²) in [5, 5.41) is 0. The maximum absolute atomic E-state index is 13.1. The van der Waals surface area contributed by atoms with Crippen LogP contribution in [-0.4, -0.2) is 44.5 Å². The molecular weight excluding hydrogens is 371 g/mol. The zero-order chi connectivity index (χ0) is 19.6. The van der Waals surface area contributed by atoms with Crippen LogP contribution in [0.1, 0.15) is 24.2 Å². The number of rotatable bonds is 4. The van der Waals surface area contributed by atoms with E-state index in [2.05, 4.69) is 4.72 Å². The van der Waals surface area contributed by atoms with Crippen molar-refractivity contribution in [2.45, 2.75) is 31.0 Å². The number of amides is 1. The zero-order valence-corrected chi connectivity index (χ0v) is 15.9. The second-order valence-corrected chi connectivity index (χ2v) is 8.25. The average molecular weight is 392 g/mol. The highest BCUT2D eigenvalue weighted by atomic mass is 32.2. The van der Waals surface area contributed by atoms with E-state index in [0.717, 1.165) is 12.1 Å². The van der Waals surface area contributed by atoms with Crippen LogP contribution in [0.2, 0.25) is 0 Å². The van der Waals surface area contributed by atoms with Crippen molar-refractivity contribution < 1.29 is 22.3 Å². The summed E-state index contributed by atoms with van der Waals surface area (Å²) >= 11 is 0. The first-order chi connectivity index (χ1) is 12.8. The second-order valence-electron chi connectivity index (χ2n) is 6.57. The third-order valence-corrected chi connectivity index (χ3v) is 5.61. The summed E-state index contributed by atoms with van der Waals surface area (Å²) in [7, 11) is -3.95. The Morgan fingerprint density at radius 1 is 1.07 bits per heavy atom. The quantitative estimate of drug-likeness (QED) is 0.868. The number of sulfonamides is 1. The number of benzene rings is 2. The van der Waals surface area contributed by atoms with Crippen molar-refractivity contribution in [3.63, 3.8) is 0 Å². The number of halogens is 1. The van der Waals surface area contributed by atoms with E-state index in [1.165, 1.54) is 18.2 Å². The van der Waals surface area contributed by atoms with Crippen LogP contribution in [0.15, 0.2) is 53.4 Å². The molecule has 144 valence electrons. The highest BCUT2D eigenvalue weighted by Gasteiger charge is 2.28. The van der Waals surface area contributed by atoms with E-state index in [-0.39, 0.29) is 34.3 Å². The van der Waals surface area contributed by atoms with Crippen molar-refractivity contribution in [3.05, 3.63) is 59.9 Å². The minimum atomic E-state index is -3.95. The number of ether oxygens (including phenoxy) is 1. The van der Waals surface area contributed by atoms with Gasteiger partial charge in [-0.1, -0.05) is 12.1 Å². The smallest absolute Gasteiger partial charge is 0.261 e. The fourth-order valence-corrected chi connectivity index (χ4v) is 4.17. The number of carbonyl (C=O) groups excluding carboxylic acids is 1. The number of hydrogen-bond donors (Lipinski definition) is 1. The molecule has 1 heterocycles. The minimum Gasteiger partial charge on any atom is -0.372 e. The predicted molar refractivity (Wildman–Crippen MR) is 99.6 cm³/mol. The molecule has 2 aromatic rings. The molecule has 0 unspecified atom stereocenters. The van der Waals surface area contributed by atoms with E-state index in [1.54, 1.807) is 23.1 Å². The highest BCUT2D eigenvalue weighted by Crippen LogP contribution is 2.23. The average Bonchev–Trinajstić information content (AvgIpc) is 2.61. The molecule has 2 aromatic carbocycles. The summed E-state index contributed by atoms with van der Waals surface area (Å²) in [6.07, 6.45) is -0.193. The van der Waals surface area contributed by atoms with Gasteiger partial charge in [0.1, 0.15) is 5.82 Å². The Bertz CT molecular complexity index is 921. The number of para-hydroxylation sites is 1. The molecule has 1 saturated heterocycles. The Morgan fingerprint density at radius 2 is 1.67 bits per heavy atom. The van der Waals surface area contributed by atoms with Crippen molar-refractivity contribution in [2.24, 2.45) is 0 Å². The predicted octanol–water partition coefficient (Wildman–Crippen LogP) is 2.88. The number of anilines is 1. The summed E-state index contributed by atoms with van der Waals surface area (Å²) in [4.78, 5) is 14.5. The molecule has 0 bridgehead atoms. The van der Waals surface area contributed by atoms with Crippen LogP contribution in [0, 0.1) is 5.82 Å². The van der Waals surface area contributed by atoms with Crippen LogP contribution in [0.25, 0.3) is 0 Å². The summed E-state index contributed by atoms with van der Waals surface area (Å²) in [6, 6.07) is 10.9. The number of hydrogen-bond acceptors (Lipinski definition) is 4. The molecule has 0 radical (unpaired) electrons. The first-order valence-electron chi connectivity index (χ1n) is 8.58. The van der Waals surface area contributed by atoms with Crippen molar-refractivity contribution in [1.82, 2.24) is 4.90 Å². The lowest BCUT2D eigenvalue weighted by molar-refractivity contribution is -0.0585. The number of nitrogens with one attached hydrogen (secondary N) is 1. The van der Waals surface area contributed by atoms with Gasteiger partial charge in [0.15, 0.2) is 0 Å². The lowest BCUT2D eigenvalue weighted by atomic mass is 10.1. The third kappa shape index (κ3) is 4.45. The fraction of sp³-hybridized carbons (Fsp3) is 0.316. The molecule has 27 heavy (non-hydrogen) atoms. The molecule has 6 nitrogen and oxygen atoms in total. The largest absolute Gasteiger partial charge is 0.372 e. The Labute approximate surface area is 158 Å². The van der Waals surface area contributed by atoms with E-state index < -0.39 is 15.8 Å². The van der Waals surface area contributed by atoms with Gasteiger partial charge in [-0.15, -0.1) is 0 Å². The van der Waals surface area contributed by atoms with Crippen LogP contribution in [-0.2, 0) is 14.8 Å². The molecule has 1 aliphatic rings. The first kappa shape index (κ1) is 19.3. The number of nitrogens with zero attached hydrogens (tertiary/aromatic N) is 1. The van der Waals surface area contributed by atoms with E-state index in [1.807, 2.05) is 13.8 Å².